The number of nitrogens with one attached hydrogen (secondary N) is 1. The van der Waals surface area contributed by atoms with E-state index < -0.39 is 0 Å². The maximum Gasteiger partial charge on any atom is 0.107 e. The van der Waals surface area contributed by atoms with E-state index in [4.69, 9.17) is 16.6 Å². The van der Waals surface area contributed by atoms with Gasteiger partial charge in [-0.1, -0.05) is 23.7 Å². The molecule has 100 valence electrons. The second kappa shape index (κ2) is 6.01. The molecule has 1 aliphatic rings. The van der Waals surface area contributed by atoms with Gasteiger partial charge in [0.05, 0.1) is 12.2 Å². The molecule has 2 heterocycles. The summed E-state index contributed by atoms with van der Waals surface area (Å²) in [6, 6.07) is 7.86. The van der Waals surface area contributed by atoms with Crippen molar-refractivity contribution in [2.75, 3.05) is 26.2 Å². The number of benzene rings is 1. The van der Waals surface area contributed by atoms with Crippen molar-refractivity contribution in [1.82, 2.24) is 15.2 Å². The zero-order chi connectivity index (χ0) is 13.1. The van der Waals surface area contributed by atoms with E-state index in [0.29, 0.717) is 0 Å². The van der Waals surface area contributed by atoms with Crippen molar-refractivity contribution >= 4 is 22.9 Å². The lowest BCUT2D eigenvalue weighted by atomic mass is 10.2. The van der Waals surface area contributed by atoms with E-state index in [2.05, 4.69) is 15.6 Å². The number of thiazole rings is 1. The molecule has 1 saturated heterocycles. The van der Waals surface area contributed by atoms with Crippen LogP contribution in [0, 0.1) is 0 Å². The quantitative estimate of drug-likeness (QED) is 0.943. The van der Waals surface area contributed by atoms with Crippen molar-refractivity contribution < 1.29 is 0 Å². The summed E-state index contributed by atoms with van der Waals surface area (Å²) in [6.07, 6.45) is 0. The average Bonchev–Trinajstić information content (AvgIpc) is 2.89. The van der Waals surface area contributed by atoms with Crippen LogP contribution in [0.15, 0.2) is 29.6 Å². The molecule has 0 atom stereocenters. The first-order chi connectivity index (χ1) is 9.31. The van der Waals surface area contributed by atoms with Gasteiger partial charge in [0, 0.05) is 42.1 Å². The minimum Gasteiger partial charge on any atom is -0.314 e. The van der Waals surface area contributed by atoms with Crippen molar-refractivity contribution in [3.8, 4) is 11.3 Å². The highest BCUT2D eigenvalue weighted by molar-refractivity contribution is 7.09. The minimum atomic E-state index is 0.764. The molecule has 3 rings (SSSR count). The Morgan fingerprint density at radius 3 is 2.68 bits per heavy atom. The molecule has 5 heteroatoms. The largest absolute Gasteiger partial charge is 0.314 e. The average molecular weight is 294 g/mol. The molecular weight excluding hydrogens is 278 g/mol. The van der Waals surface area contributed by atoms with E-state index in [9.17, 15) is 0 Å². The minimum absolute atomic E-state index is 0.764. The molecule has 1 fully saturated rings. The van der Waals surface area contributed by atoms with Gasteiger partial charge in [0.2, 0.25) is 0 Å². The van der Waals surface area contributed by atoms with Gasteiger partial charge in [-0.15, -0.1) is 11.3 Å². The lowest BCUT2D eigenvalue weighted by Crippen LogP contribution is -2.42. The number of hydrogen-bond donors (Lipinski definition) is 1. The fourth-order valence-corrected chi connectivity index (χ4v) is 3.17. The van der Waals surface area contributed by atoms with Crippen LogP contribution in [0.25, 0.3) is 11.3 Å². The summed E-state index contributed by atoms with van der Waals surface area (Å²) >= 11 is 7.64. The number of rotatable bonds is 3. The molecule has 0 spiro atoms. The molecule has 1 N–H and O–H groups in total. The number of piperazine rings is 1. The van der Waals surface area contributed by atoms with Crippen molar-refractivity contribution in [3.63, 3.8) is 0 Å². The number of nitrogens with zero attached hydrogens (tertiary/aromatic N) is 2. The molecule has 2 aromatic rings. The molecule has 19 heavy (non-hydrogen) atoms. The maximum absolute atomic E-state index is 5.90. The van der Waals surface area contributed by atoms with Crippen LogP contribution >= 0.6 is 22.9 Å². The smallest absolute Gasteiger partial charge is 0.107 e. The first-order valence-electron chi connectivity index (χ1n) is 6.45. The highest BCUT2D eigenvalue weighted by Crippen LogP contribution is 2.24. The topological polar surface area (TPSA) is 28.2 Å². The zero-order valence-corrected chi connectivity index (χ0v) is 12.2. The fraction of sp³-hybridized carbons (Fsp3) is 0.357. The van der Waals surface area contributed by atoms with Crippen LogP contribution in [0.1, 0.15) is 5.01 Å². The summed E-state index contributed by atoms with van der Waals surface area (Å²) in [5.41, 5.74) is 2.18. The summed E-state index contributed by atoms with van der Waals surface area (Å²) in [5.74, 6) is 0. The molecule has 1 aliphatic heterocycles. The van der Waals surface area contributed by atoms with Crippen LogP contribution in [-0.4, -0.2) is 36.1 Å². The summed E-state index contributed by atoms with van der Waals surface area (Å²) < 4.78 is 0. The van der Waals surface area contributed by atoms with Crippen molar-refractivity contribution in [2.24, 2.45) is 0 Å². The van der Waals surface area contributed by atoms with Crippen molar-refractivity contribution in [1.29, 1.82) is 0 Å². The van der Waals surface area contributed by atoms with Gasteiger partial charge in [0.1, 0.15) is 5.01 Å². The second-order valence-electron chi connectivity index (χ2n) is 4.66. The lowest BCUT2D eigenvalue weighted by Gasteiger charge is -2.26. The van der Waals surface area contributed by atoms with Gasteiger partial charge in [-0.3, -0.25) is 4.90 Å². The monoisotopic (exact) mass is 293 g/mol. The first-order valence-corrected chi connectivity index (χ1v) is 7.70. The molecule has 1 aromatic heterocycles. The van der Waals surface area contributed by atoms with Gasteiger partial charge in [0.25, 0.3) is 0 Å². The zero-order valence-electron chi connectivity index (χ0n) is 10.6. The highest BCUT2D eigenvalue weighted by atomic mass is 35.5. The van der Waals surface area contributed by atoms with Crippen LogP contribution in [0.3, 0.4) is 0 Å². The van der Waals surface area contributed by atoms with Crippen LogP contribution < -0.4 is 5.32 Å². The van der Waals surface area contributed by atoms with Crippen LogP contribution in [0.4, 0.5) is 0 Å². The third-order valence-corrected chi connectivity index (χ3v) is 4.35. The van der Waals surface area contributed by atoms with Gasteiger partial charge < -0.3 is 5.32 Å². The SMILES string of the molecule is Clc1ccc(-c2csc(CN3CCNCC3)n2)cc1. The molecular formula is C14H16ClN3S. The number of halogens is 1. The van der Waals surface area contributed by atoms with Crippen molar-refractivity contribution in [2.45, 2.75) is 6.54 Å². The third kappa shape index (κ3) is 3.34. The Morgan fingerprint density at radius 2 is 1.95 bits per heavy atom. The Kier molecular flexibility index (Phi) is 4.13. The Hall–Kier alpha value is -0.940. The summed E-state index contributed by atoms with van der Waals surface area (Å²) in [4.78, 5) is 7.16. The molecule has 3 nitrogen and oxygen atoms in total. The Balaban J connectivity index is 1.70. The molecule has 1 aromatic carbocycles. The predicted octanol–water partition coefficient (Wildman–Crippen LogP) is 2.87. The van der Waals surface area contributed by atoms with Gasteiger partial charge in [-0.05, 0) is 12.1 Å². The third-order valence-electron chi connectivity index (χ3n) is 3.26. The van der Waals surface area contributed by atoms with E-state index in [0.717, 1.165) is 49.0 Å². The van der Waals surface area contributed by atoms with E-state index in [1.54, 1.807) is 11.3 Å². The number of aromatic nitrogens is 1. The van der Waals surface area contributed by atoms with Gasteiger partial charge in [-0.2, -0.15) is 0 Å². The van der Waals surface area contributed by atoms with Gasteiger partial charge in [0.15, 0.2) is 0 Å². The Labute approximate surface area is 122 Å². The van der Waals surface area contributed by atoms with Gasteiger partial charge >= 0.3 is 0 Å². The van der Waals surface area contributed by atoms with Crippen LogP contribution in [-0.2, 0) is 6.54 Å². The van der Waals surface area contributed by atoms with E-state index in [1.807, 2.05) is 24.3 Å². The molecule has 0 unspecified atom stereocenters. The molecule has 0 amide bonds. The highest BCUT2D eigenvalue weighted by Gasteiger charge is 2.12. The number of hydrogen-bond acceptors (Lipinski definition) is 4. The van der Waals surface area contributed by atoms with E-state index >= 15 is 0 Å². The van der Waals surface area contributed by atoms with Crippen LogP contribution in [0.5, 0.6) is 0 Å². The first kappa shape index (κ1) is 13.1. The fourth-order valence-electron chi connectivity index (χ4n) is 2.20. The normalized spacial score (nSPS) is 16.7. The second-order valence-corrected chi connectivity index (χ2v) is 6.04. The van der Waals surface area contributed by atoms with E-state index in [1.165, 1.54) is 5.01 Å². The van der Waals surface area contributed by atoms with Crippen molar-refractivity contribution in [3.05, 3.63) is 39.7 Å². The molecule has 0 radical (unpaired) electrons. The Bertz CT molecular complexity index is 532. The predicted molar refractivity (Wildman–Crippen MR) is 80.7 cm³/mol. The Morgan fingerprint density at radius 1 is 1.21 bits per heavy atom. The van der Waals surface area contributed by atoms with Crippen LogP contribution in [0.2, 0.25) is 5.02 Å². The standard InChI is InChI=1S/C14H16ClN3S/c15-12-3-1-11(2-4-12)13-10-19-14(17-13)9-18-7-5-16-6-8-18/h1-4,10,16H,5-9H2. The summed E-state index contributed by atoms with van der Waals surface area (Å²) in [7, 11) is 0. The molecule has 0 aliphatic carbocycles. The van der Waals surface area contributed by atoms with E-state index in [-0.39, 0.29) is 0 Å². The molecule has 0 saturated carbocycles. The molecule has 0 bridgehead atoms. The summed E-state index contributed by atoms with van der Waals surface area (Å²) in [5, 5.41) is 7.44. The summed E-state index contributed by atoms with van der Waals surface area (Å²) in [6.45, 7) is 5.33. The van der Waals surface area contributed by atoms with Gasteiger partial charge in [-0.25, -0.2) is 4.98 Å². The lowest BCUT2D eigenvalue weighted by molar-refractivity contribution is 0.233. The maximum atomic E-state index is 5.90.